The molecule has 3 N–H and O–H groups in total. The number of ether oxygens (including phenoxy) is 1. The molecule has 2 fully saturated rings. The van der Waals surface area contributed by atoms with Crippen LogP contribution in [-0.4, -0.2) is 48.9 Å². The van der Waals surface area contributed by atoms with Gasteiger partial charge in [-0.1, -0.05) is 12.1 Å². The molecule has 0 spiro atoms. The van der Waals surface area contributed by atoms with Crippen molar-refractivity contribution in [2.45, 2.75) is 18.3 Å². The van der Waals surface area contributed by atoms with Gasteiger partial charge in [-0.25, -0.2) is 15.6 Å². The van der Waals surface area contributed by atoms with Crippen molar-refractivity contribution in [2.75, 3.05) is 37.9 Å². The van der Waals surface area contributed by atoms with Gasteiger partial charge in [0.2, 0.25) is 0 Å². The van der Waals surface area contributed by atoms with Gasteiger partial charge in [-0.15, -0.1) is 0 Å². The minimum Gasteiger partial charge on any atom is -0.464 e. The van der Waals surface area contributed by atoms with Crippen LogP contribution < -0.4 is 10.9 Å². The second-order valence-corrected chi connectivity index (χ2v) is 5.87. The van der Waals surface area contributed by atoms with Gasteiger partial charge in [0, 0.05) is 25.0 Å². The van der Waals surface area contributed by atoms with Crippen molar-refractivity contribution in [3.63, 3.8) is 0 Å². The first-order valence-electron chi connectivity index (χ1n) is 7.29. The normalized spacial score (nSPS) is 21.0. The molecule has 1 amide bonds. The standard InChI is InChI=1S/C15H21N3O3/c16-18(14(19)20)13-3-1-12(2-4-13)15(5-6-15)11-17-7-9-21-10-8-17/h1-4H,5-11,16H2,(H,19,20). The maximum atomic E-state index is 10.8. The lowest BCUT2D eigenvalue weighted by molar-refractivity contribution is 0.0336. The number of benzene rings is 1. The third-order valence-corrected chi connectivity index (χ3v) is 4.45. The number of hydrogen-bond donors (Lipinski definition) is 2. The zero-order valence-corrected chi connectivity index (χ0v) is 12.0. The van der Waals surface area contributed by atoms with Crippen LogP contribution in [0.4, 0.5) is 10.5 Å². The van der Waals surface area contributed by atoms with E-state index in [-0.39, 0.29) is 5.41 Å². The Kier molecular flexibility index (Phi) is 3.84. The first-order chi connectivity index (χ1) is 10.1. The van der Waals surface area contributed by atoms with E-state index in [1.807, 2.05) is 12.1 Å². The van der Waals surface area contributed by atoms with Crippen LogP contribution in [0.2, 0.25) is 0 Å². The molecule has 3 rings (SSSR count). The van der Waals surface area contributed by atoms with Crippen molar-refractivity contribution in [2.24, 2.45) is 5.84 Å². The van der Waals surface area contributed by atoms with E-state index in [0.29, 0.717) is 5.69 Å². The number of rotatable bonds is 4. The number of carboxylic acid groups (broad SMARTS) is 1. The van der Waals surface area contributed by atoms with E-state index in [1.54, 1.807) is 12.1 Å². The number of amides is 1. The molecule has 0 atom stereocenters. The van der Waals surface area contributed by atoms with Crippen molar-refractivity contribution in [1.82, 2.24) is 4.90 Å². The second-order valence-electron chi connectivity index (χ2n) is 5.87. The van der Waals surface area contributed by atoms with Gasteiger partial charge in [0.25, 0.3) is 0 Å². The third kappa shape index (κ3) is 3.02. The SMILES string of the molecule is NN(C(=O)O)c1ccc(C2(CN3CCOCC3)CC2)cc1. The molecule has 2 aliphatic rings. The van der Waals surface area contributed by atoms with Gasteiger partial charge in [0.05, 0.1) is 18.9 Å². The molecule has 1 aliphatic heterocycles. The van der Waals surface area contributed by atoms with Crippen LogP contribution >= 0.6 is 0 Å². The Balaban J connectivity index is 1.69. The van der Waals surface area contributed by atoms with E-state index in [1.165, 1.54) is 18.4 Å². The van der Waals surface area contributed by atoms with Crippen LogP contribution in [0, 0.1) is 0 Å². The summed E-state index contributed by atoms with van der Waals surface area (Å²) in [6, 6.07) is 7.57. The summed E-state index contributed by atoms with van der Waals surface area (Å²) in [5.74, 6) is 5.47. The highest BCUT2D eigenvalue weighted by Gasteiger charge is 2.45. The molecule has 1 heterocycles. The molecule has 1 saturated heterocycles. The van der Waals surface area contributed by atoms with Crippen LogP contribution in [0.3, 0.4) is 0 Å². The van der Waals surface area contributed by atoms with Crippen LogP contribution in [-0.2, 0) is 10.2 Å². The van der Waals surface area contributed by atoms with Gasteiger partial charge in [-0.2, -0.15) is 0 Å². The third-order valence-electron chi connectivity index (χ3n) is 4.45. The maximum absolute atomic E-state index is 10.8. The van der Waals surface area contributed by atoms with Crippen molar-refractivity contribution in [3.8, 4) is 0 Å². The number of anilines is 1. The summed E-state index contributed by atoms with van der Waals surface area (Å²) in [4.78, 5) is 13.3. The fourth-order valence-corrected chi connectivity index (χ4v) is 2.96. The highest BCUT2D eigenvalue weighted by Crippen LogP contribution is 2.49. The van der Waals surface area contributed by atoms with E-state index in [0.717, 1.165) is 37.9 Å². The summed E-state index contributed by atoms with van der Waals surface area (Å²) < 4.78 is 5.39. The van der Waals surface area contributed by atoms with Gasteiger partial charge in [0.1, 0.15) is 0 Å². The Hall–Kier alpha value is -1.63. The Labute approximate surface area is 124 Å². The van der Waals surface area contributed by atoms with E-state index in [4.69, 9.17) is 15.7 Å². The molecule has 1 saturated carbocycles. The summed E-state index contributed by atoms with van der Waals surface area (Å²) in [6.07, 6.45) is 1.22. The van der Waals surface area contributed by atoms with E-state index in [9.17, 15) is 4.79 Å². The summed E-state index contributed by atoms with van der Waals surface area (Å²) in [7, 11) is 0. The minimum atomic E-state index is -1.16. The van der Waals surface area contributed by atoms with Crippen LogP contribution in [0.25, 0.3) is 0 Å². The zero-order valence-electron chi connectivity index (χ0n) is 12.0. The van der Waals surface area contributed by atoms with Crippen LogP contribution in [0.1, 0.15) is 18.4 Å². The lowest BCUT2D eigenvalue weighted by atomic mass is 9.95. The van der Waals surface area contributed by atoms with Gasteiger partial charge < -0.3 is 9.84 Å². The highest BCUT2D eigenvalue weighted by molar-refractivity contribution is 5.84. The molecule has 114 valence electrons. The number of carbonyl (C=O) groups is 1. The first-order valence-corrected chi connectivity index (χ1v) is 7.29. The second kappa shape index (κ2) is 5.63. The molecule has 0 radical (unpaired) electrons. The topological polar surface area (TPSA) is 79.0 Å². The molecule has 1 aliphatic carbocycles. The smallest absolute Gasteiger partial charge is 0.426 e. The van der Waals surface area contributed by atoms with E-state index in [2.05, 4.69) is 4.90 Å². The number of hydrogen-bond acceptors (Lipinski definition) is 4. The van der Waals surface area contributed by atoms with Crippen molar-refractivity contribution < 1.29 is 14.6 Å². The summed E-state index contributed by atoms with van der Waals surface area (Å²) >= 11 is 0. The predicted octanol–water partition coefficient (Wildman–Crippen LogP) is 1.41. The summed E-state index contributed by atoms with van der Waals surface area (Å²) in [6.45, 7) is 4.68. The Morgan fingerprint density at radius 3 is 2.43 bits per heavy atom. The van der Waals surface area contributed by atoms with Crippen molar-refractivity contribution in [1.29, 1.82) is 0 Å². The Morgan fingerprint density at radius 1 is 1.29 bits per heavy atom. The van der Waals surface area contributed by atoms with Gasteiger partial charge >= 0.3 is 6.09 Å². The molecule has 6 nitrogen and oxygen atoms in total. The largest absolute Gasteiger partial charge is 0.464 e. The van der Waals surface area contributed by atoms with Crippen molar-refractivity contribution >= 4 is 11.8 Å². The lowest BCUT2D eigenvalue weighted by Crippen LogP contribution is -2.41. The molecule has 0 aromatic heterocycles. The van der Waals surface area contributed by atoms with E-state index >= 15 is 0 Å². The first kappa shape index (κ1) is 14.3. The molecule has 1 aromatic rings. The average Bonchev–Trinajstić information content (AvgIpc) is 3.28. The van der Waals surface area contributed by atoms with Crippen molar-refractivity contribution in [3.05, 3.63) is 29.8 Å². The fourth-order valence-electron chi connectivity index (χ4n) is 2.96. The lowest BCUT2D eigenvalue weighted by Gasteiger charge is -2.31. The monoisotopic (exact) mass is 291 g/mol. The summed E-state index contributed by atoms with van der Waals surface area (Å²) in [5.41, 5.74) is 2.00. The Morgan fingerprint density at radius 2 is 1.90 bits per heavy atom. The number of nitrogens with two attached hydrogens (primary N) is 1. The predicted molar refractivity (Wildman–Crippen MR) is 79.3 cm³/mol. The van der Waals surface area contributed by atoms with Gasteiger partial charge in [-0.05, 0) is 30.5 Å². The average molecular weight is 291 g/mol. The van der Waals surface area contributed by atoms with E-state index < -0.39 is 6.09 Å². The maximum Gasteiger partial charge on any atom is 0.426 e. The number of morpholine rings is 1. The zero-order chi connectivity index (χ0) is 14.9. The van der Waals surface area contributed by atoms with Crippen LogP contribution in [0.5, 0.6) is 0 Å². The number of nitrogens with zero attached hydrogens (tertiary/aromatic N) is 2. The highest BCUT2D eigenvalue weighted by atomic mass is 16.5. The molecule has 1 aromatic carbocycles. The van der Waals surface area contributed by atoms with Gasteiger partial charge in [0.15, 0.2) is 0 Å². The molecule has 21 heavy (non-hydrogen) atoms. The minimum absolute atomic E-state index is 0.235. The molecule has 6 heteroatoms. The molecule has 0 bridgehead atoms. The van der Waals surface area contributed by atoms with Gasteiger partial charge in [-0.3, -0.25) is 4.90 Å². The molecular weight excluding hydrogens is 270 g/mol. The fraction of sp³-hybridized carbons (Fsp3) is 0.533. The Bertz CT molecular complexity index is 507. The summed E-state index contributed by atoms with van der Waals surface area (Å²) in [5, 5.41) is 9.62. The molecule has 0 unspecified atom stereocenters. The van der Waals surface area contributed by atoms with Crippen LogP contribution in [0.15, 0.2) is 24.3 Å². The quantitative estimate of drug-likeness (QED) is 0.498. The molecular formula is C15H21N3O3. The number of hydrazine groups is 1.